The summed E-state index contributed by atoms with van der Waals surface area (Å²) in [6, 6.07) is 1.88. The molecule has 0 aromatic rings. The van der Waals surface area contributed by atoms with Gasteiger partial charge in [0.15, 0.2) is 0 Å². The average Bonchev–Trinajstić information content (AvgIpc) is 1.97. The number of hydrogen-bond donors (Lipinski definition) is 2. The van der Waals surface area contributed by atoms with E-state index in [1.54, 1.807) is 6.92 Å². The topological polar surface area (TPSA) is 78.9 Å². The molecule has 0 heterocycles. The molecule has 4 heteroatoms. The van der Waals surface area contributed by atoms with Crippen LogP contribution in [0.4, 0.5) is 0 Å². The summed E-state index contributed by atoms with van der Waals surface area (Å²) in [5.74, 6) is -0.295. The summed E-state index contributed by atoms with van der Waals surface area (Å²) in [7, 11) is 0. The van der Waals surface area contributed by atoms with E-state index in [0.717, 1.165) is 0 Å². The minimum Gasteiger partial charge on any atom is -0.370 e. The molecule has 0 aromatic heterocycles. The zero-order chi connectivity index (χ0) is 8.69. The Morgan fingerprint density at radius 1 is 1.82 bits per heavy atom. The normalized spacial score (nSPS) is 12.0. The highest BCUT2D eigenvalue weighted by molar-refractivity contribution is 5.73. The molecule has 11 heavy (non-hydrogen) atoms. The van der Waals surface area contributed by atoms with Gasteiger partial charge >= 0.3 is 0 Å². The van der Waals surface area contributed by atoms with Gasteiger partial charge in [-0.3, -0.25) is 4.79 Å². The van der Waals surface area contributed by atoms with Crippen LogP contribution < -0.4 is 11.1 Å². The third kappa shape index (κ3) is 6.81. The van der Waals surface area contributed by atoms with Gasteiger partial charge in [0.05, 0.1) is 12.1 Å². The van der Waals surface area contributed by atoms with Gasteiger partial charge in [-0.2, -0.15) is 5.26 Å². The molecule has 0 aliphatic rings. The number of amides is 1. The maximum Gasteiger partial charge on any atom is 0.217 e. The zero-order valence-electron chi connectivity index (χ0n) is 6.63. The molecule has 0 radical (unpaired) electrons. The molecule has 1 unspecified atom stereocenters. The molecule has 1 atom stereocenters. The second kappa shape index (κ2) is 5.69. The number of carbonyl (C=O) groups excluding carboxylic acids is 1. The molecule has 0 aliphatic heterocycles. The van der Waals surface area contributed by atoms with Crippen molar-refractivity contribution in [1.29, 1.82) is 5.26 Å². The van der Waals surface area contributed by atoms with Crippen molar-refractivity contribution in [3.8, 4) is 6.07 Å². The van der Waals surface area contributed by atoms with Crippen molar-refractivity contribution in [2.75, 3.05) is 6.54 Å². The lowest BCUT2D eigenvalue weighted by molar-refractivity contribution is -0.118. The summed E-state index contributed by atoms with van der Waals surface area (Å²) >= 11 is 0. The Bertz CT molecular complexity index is 162. The first-order chi connectivity index (χ1) is 5.16. The molecule has 0 fully saturated rings. The molecular weight excluding hydrogens is 142 g/mol. The molecule has 0 saturated heterocycles. The van der Waals surface area contributed by atoms with Crippen LogP contribution in [-0.4, -0.2) is 18.5 Å². The number of nitriles is 1. The van der Waals surface area contributed by atoms with E-state index in [0.29, 0.717) is 19.4 Å². The Morgan fingerprint density at radius 3 is 2.91 bits per heavy atom. The Balaban J connectivity index is 3.16. The predicted octanol–water partition coefficient (Wildman–Crippen LogP) is -0.246. The van der Waals surface area contributed by atoms with Gasteiger partial charge in [-0.15, -0.1) is 0 Å². The number of carbonyl (C=O) groups is 1. The van der Waals surface area contributed by atoms with Gasteiger partial charge in [-0.25, -0.2) is 0 Å². The summed E-state index contributed by atoms with van der Waals surface area (Å²) in [5.41, 5.74) is 4.91. The highest BCUT2D eigenvalue weighted by Crippen LogP contribution is 1.85. The molecule has 0 aromatic carbocycles. The number of nitrogens with zero attached hydrogens (tertiary/aromatic N) is 1. The van der Waals surface area contributed by atoms with Crippen LogP contribution >= 0.6 is 0 Å². The van der Waals surface area contributed by atoms with E-state index >= 15 is 0 Å². The Labute approximate surface area is 66.4 Å². The smallest absolute Gasteiger partial charge is 0.217 e. The number of nitrogens with one attached hydrogen (secondary N) is 1. The molecule has 0 rings (SSSR count). The van der Waals surface area contributed by atoms with Gasteiger partial charge in [0, 0.05) is 6.42 Å². The third-order valence-electron chi connectivity index (χ3n) is 1.24. The van der Waals surface area contributed by atoms with Crippen molar-refractivity contribution in [2.45, 2.75) is 25.8 Å². The fraction of sp³-hybridized carbons (Fsp3) is 0.714. The van der Waals surface area contributed by atoms with Crippen LogP contribution in [0.15, 0.2) is 0 Å². The quantitative estimate of drug-likeness (QED) is 0.537. The van der Waals surface area contributed by atoms with Crippen LogP contribution in [0.2, 0.25) is 0 Å². The average molecular weight is 155 g/mol. The molecule has 62 valence electrons. The molecule has 0 bridgehead atoms. The molecule has 0 spiro atoms. The van der Waals surface area contributed by atoms with Gasteiger partial charge in [0.2, 0.25) is 5.91 Å². The number of primary amides is 1. The molecule has 3 N–H and O–H groups in total. The van der Waals surface area contributed by atoms with Crippen LogP contribution in [0.5, 0.6) is 0 Å². The predicted molar refractivity (Wildman–Crippen MR) is 41.5 cm³/mol. The van der Waals surface area contributed by atoms with Gasteiger partial charge in [-0.1, -0.05) is 0 Å². The highest BCUT2D eigenvalue weighted by Gasteiger charge is 1.97. The van der Waals surface area contributed by atoms with E-state index in [-0.39, 0.29) is 11.9 Å². The van der Waals surface area contributed by atoms with Crippen molar-refractivity contribution in [3.63, 3.8) is 0 Å². The van der Waals surface area contributed by atoms with E-state index in [2.05, 4.69) is 5.32 Å². The monoisotopic (exact) mass is 155 g/mol. The molecule has 0 saturated carbocycles. The molecule has 1 amide bonds. The third-order valence-corrected chi connectivity index (χ3v) is 1.24. The van der Waals surface area contributed by atoms with Gasteiger partial charge in [-0.05, 0) is 19.9 Å². The first kappa shape index (κ1) is 9.92. The molecule has 4 nitrogen and oxygen atoms in total. The number of nitrogens with two attached hydrogens (primary N) is 1. The van der Waals surface area contributed by atoms with Gasteiger partial charge in [0.1, 0.15) is 0 Å². The lowest BCUT2D eigenvalue weighted by Crippen LogP contribution is -2.26. The standard InChI is InChI=1S/C7H13N3O/c1-6(5-8)10-4-2-3-7(9)11/h6,10H,2-4H2,1H3,(H2,9,11). The fourth-order valence-corrected chi connectivity index (χ4v) is 0.627. The SMILES string of the molecule is CC(C#N)NCCCC(N)=O. The molecular formula is C7H13N3O. The zero-order valence-corrected chi connectivity index (χ0v) is 6.63. The first-order valence-corrected chi connectivity index (χ1v) is 3.58. The van der Waals surface area contributed by atoms with Crippen molar-refractivity contribution < 1.29 is 4.79 Å². The lowest BCUT2D eigenvalue weighted by Gasteiger charge is -2.03. The summed E-state index contributed by atoms with van der Waals surface area (Å²) in [5, 5.41) is 11.3. The van der Waals surface area contributed by atoms with Crippen molar-refractivity contribution in [3.05, 3.63) is 0 Å². The van der Waals surface area contributed by atoms with Crippen molar-refractivity contribution in [2.24, 2.45) is 5.73 Å². The van der Waals surface area contributed by atoms with Gasteiger partial charge in [0.25, 0.3) is 0 Å². The second-order valence-electron chi connectivity index (χ2n) is 2.37. The fourth-order valence-electron chi connectivity index (χ4n) is 0.627. The van der Waals surface area contributed by atoms with E-state index in [1.165, 1.54) is 0 Å². The van der Waals surface area contributed by atoms with E-state index in [1.807, 2.05) is 6.07 Å². The number of hydrogen-bond acceptors (Lipinski definition) is 3. The maximum absolute atomic E-state index is 10.2. The van der Waals surface area contributed by atoms with Crippen LogP contribution in [-0.2, 0) is 4.79 Å². The first-order valence-electron chi connectivity index (χ1n) is 3.58. The summed E-state index contributed by atoms with van der Waals surface area (Å²) in [6.07, 6.45) is 1.08. The Kier molecular flexibility index (Phi) is 5.13. The minimum absolute atomic E-state index is 0.150. The van der Waals surface area contributed by atoms with Crippen LogP contribution in [0.25, 0.3) is 0 Å². The van der Waals surface area contributed by atoms with E-state index in [9.17, 15) is 4.79 Å². The molecule has 0 aliphatic carbocycles. The Morgan fingerprint density at radius 2 is 2.45 bits per heavy atom. The minimum atomic E-state index is -0.295. The second-order valence-corrected chi connectivity index (χ2v) is 2.37. The number of rotatable bonds is 5. The Hall–Kier alpha value is -1.08. The van der Waals surface area contributed by atoms with Crippen molar-refractivity contribution in [1.82, 2.24) is 5.32 Å². The van der Waals surface area contributed by atoms with Crippen LogP contribution in [0, 0.1) is 11.3 Å². The van der Waals surface area contributed by atoms with E-state index < -0.39 is 0 Å². The summed E-state index contributed by atoms with van der Waals surface area (Å²) in [4.78, 5) is 10.2. The van der Waals surface area contributed by atoms with Crippen LogP contribution in [0.3, 0.4) is 0 Å². The van der Waals surface area contributed by atoms with E-state index in [4.69, 9.17) is 11.0 Å². The van der Waals surface area contributed by atoms with Crippen molar-refractivity contribution >= 4 is 5.91 Å². The van der Waals surface area contributed by atoms with Crippen LogP contribution in [0.1, 0.15) is 19.8 Å². The summed E-state index contributed by atoms with van der Waals surface area (Å²) < 4.78 is 0. The maximum atomic E-state index is 10.2. The highest BCUT2D eigenvalue weighted by atomic mass is 16.1. The lowest BCUT2D eigenvalue weighted by atomic mass is 10.3. The van der Waals surface area contributed by atoms with Gasteiger partial charge < -0.3 is 11.1 Å². The summed E-state index contributed by atoms with van der Waals surface area (Å²) in [6.45, 7) is 2.43. The largest absolute Gasteiger partial charge is 0.370 e.